The zero-order chi connectivity index (χ0) is 13.1. The van der Waals surface area contributed by atoms with E-state index in [1.165, 1.54) is 6.07 Å². The Bertz CT molecular complexity index is 410. The van der Waals surface area contributed by atoms with Crippen LogP contribution in [-0.2, 0) is 11.3 Å². The molecule has 0 saturated heterocycles. The van der Waals surface area contributed by atoms with Gasteiger partial charge in [-0.05, 0) is 44.9 Å². The van der Waals surface area contributed by atoms with Crippen molar-refractivity contribution in [1.82, 2.24) is 5.32 Å². The SMILES string of the molecule is Cc1cc(CNC(=O)OC(C)(C)C)ccc1F. The summed E-state index contributed by atoms with van der Waals surface area (Å²) in [6, 6.07) is 4.73. The summed E-state index contributed by atoms with van der Waals surface area (Å²) in [4.78, 5) is 11.4. The van der Waals surface area contributed by atoms with Crippen LogP contribution in [0.4, 0.5) is 9.18 Å². The Morgan fingerprint density at radius 2 is 2.06 bits per heavy atom. The average molecular weight is 239 g/mol. The summed E-state index contributed by atoms with van der Waals surface area (Å²) in [5.41, 5.74) is 0.895. The molecule has 1 aromatic rings. The van der Waals surface area contributed by atoms with Crippen LogP contribution in [0.1, 0.15) is 31.9 Å². The van der Waals surface area contributed by atoms with Crippen LogP contribution in [0.25, 0.3) is 0 Å². The van der Waals surface area contributed by atoms with Crippen molar-refractivity contribution in [3.8, 4) is 0 Å². The number of hydrogen-bond donors (Lipinski definition) is 1. The van der Waals surface area contributed by atoms with E-state index in [-0.39, 0.29) is 5.82 Å². The van der Waals surface area contributed by atoms with Crippen LogP contribution in [-0.4, -0.2) is 11.7 Å². The topological polar surface area (TPSA) is 38.3 Å². The summed E-state index contributed by atoms with van der Waals surface area (Å²) < 4.78 is 18.1. The normalized spacial score (nSPS) is 11.1. The molecule has 1 rings (SSSR count). The first kappa shape index (κ1) is 13.5. The average Bonchev–Trinajstić information content (AvgIpc) is 2.17. The van der Waals surface area contributed by atoms with Crippen LogP contribution in [0.5, 0.6) is 0 Å². The molecule has 1 N–H and O–H groups in total. The molecule has 4 heteroatoms. The number of rotatable bonds is 2. The third-order valence-electron chi connectivity index (χ3n) is 2.06. The number of aryl methyl sites for hydroxylation is 1. The van der Waals surface area contributed by atoms with Gasteiger partial charge in [0.05, 0.1) is 0 Å². The van der Waals surface area contributed by atoms with E-state index in [1.54, 1.807) is 39.8 Å². The van der Waals surface area contributed by atoms with Gasteiger partial charge in [0.2, 0.25) is 0 Å². The Hall–Kier alpha value is -1.58. The molecule has 17 heavy (non-hydrogen) atoms. The van der Waals surface area contributed by atoms with Gasteiger partial charge in [0, 0.05) is 6.54 Å². The Kier molecular flexibility index (Phi) is 4.10. The lowest BCUT2D eigenvalue weighted by Gasteiger charge is -2.19. The second-order valence-electron chi connectivity index (χ2n) is 4.94. The summed E-state index contributed by atoms with van der Waals surface area (Å²) in [6.45, 7) is 7.42. The van der Waals surface area contributed by atoms with E-state index in [0.717, 1.165) is 5.56 Å². The molecule has 0 atom stereocenters. The summed E-state index contributed by atoms with van der Waals surface area (Å²) in [5, 5.41) is 2.62. The third kappa shape index (κ3) is 4.85. The smallest absolute Gasteiger partial charge is 0.407 e. The quantitative estimate of drug-likeness (QED) is 0.860. The largest absolute Gasteiger partial charge is 0.444 e. The van der Waals surface area contributed by atoms with Crippen molar-refractivity contribution in [2.45, 2.75) is 39.8 Å². The second-order valence-corrected chi connectivity index (χ2v) is 4.94. The first-order valence-electron chi connectivity index (χ1n) is 5.50. The highest BCUT2D eigenvalue weighted by Gasteiger charge is 2.15. The number of halogens is 1. The predicted octanol–water partition coefficient (Wildman–Crippen LogP) is 3.16. The van der Waals surface area contributed by atoms with Gasteiger partial charge in [-0.25, -0.2) is 9.18 Å². The van der Waals surface area contributed by atoms with Crippen molar-refractivity contribution in [3.05, 3.63) is 35.1 Å². The van der Waals surface area contributed by atoms with Gasteiger partial charge in [-0.1, -0.05) is 12.1 Å². The van der Waals surface area contributed by atoms with Gasteiger partial charge in [-0.15, -0.1) is 0 Å². The molecule has 0 aromatic heterocycles. The van der Waals surface area contributed by atoms with Crippen LogP contribution in [0.2, 0.25) is 0 Å². The summed E-state index contributed by atoms with van der Waals surface area (Å²) in [7, 11) is 0. The maximum atomic E-state index is 13.0. The van der Waals surface area contributed by atoms with Crippen molar-refractivity contribution in [1.29, 1.82) is 0 Å². The minimum absolute atomic E-state index is 0.244. The molecule has 0 bridgehead atoms. The fraction of sp³-hybridized carbons (Fsp3) is 0.462. The van der Waals surface area contributed by atoms with Crippen LogP contribution >= 0.6 is 0 Å². The molecule has 0 aliphatic carbocycles. The van der Waals surface area contributed by atoms with E-state index in [4.69, 9.17) is 4.74 Å². The Labute approximate surface area is 101 Å². The van der Waals surface area contributed by atoms with Crippen molar-refractivity contribution >= 4 is 6.09 Å². The van der Waals surface area contributed by atoms with Crippen LogP contribution in [0.3, 0.4) is 0 Å². The molecule has 0 saturated carbocycles. The Morgan fingerprint density at radius 3 is 2.59 bits per heavy atom. The molecule has 0 aliphatic heterocycles. The number of alkyl carbamates (subject to hydrolysis) is 1. The van der Waals surface area contributed by atoms with E-state index in [9.17, 15) is 9.18 Å². The third-order valence-corrected chi connectivity index (χ3v) is 2.06. The van der Waals surface area contributed by atoms with Crippen molar-refractivity contribution in [3.63, 3.8) is 0 Å². The van der Waals surface area contributed by atoms with Gasteiger partial charge in [-0.2, -0.15) is 0 Å². The number of nitrogens with one attached hydrogen (secondary N) is 1. The van der Waals surface area contributed by atoms with E-state index in [2.05, 4.69) is 5.32 Å². The molecular weight excluding hydrogens is 221 g/mol. The molecular formula is C13H18FNO2. The lowest BCUT2D eigenvalue weighted by Crippen LogP contribution is -2.32. The van der Waals surface area contributed by atoms with Crippen molar-refractivity contribution in [2.75, 3.05) is 0 Å². The highest BCUT2D eigenvalue weighted by atomic mass is 19.1. The van der Waals surface area contributed by atoms with E-state index in [0.29, 0.717) is 12.1 Å². The first-order chi connectivity index (χ1) is 7.78. The molecule has 1 aromatic carbocycles. The Morgan fingerprint density at radius 1 is 1.41 bits per heavy atom. The zero-order valence-corrected chi connectivity index (χ0v) is 10.6. The zero-order valence-electron chi connectivity index (χ0n) is 10.6. The Balaban J connectivity index is 2.50. The highest BCUT2D eigenvalue weighted by molar-refractivity contribution is 5.67. The maximum absolute atomic E-state index is 13.0. The summed E-state index contributed by atoms with van der Waals surface area (Å²) >= 11 is 0. The minimum atomic E-state index is -0.511. The first-order valence-corrected chi connectivity index (χ1v) is 5.50. The second kappa shape index (κ2) is 5.17. The molecule has 0 unspecified atom stereocenters. The summed E-state index contributed by atoms with van der Waals surface area (Å²) in [6.07, 6.45) is -0.473. The summed E-state index contributed by atoms with van der Waals surface area (Å²) in [5.74, 6) is -0.244. The van der Waals surface area contributed by atoms with E-state index < -0.39 is 11.7 Å². The molecule has 0 heterocycles. The van der Waals surface area contributed by atoms with Gasteiger partial charge in [-0.3, -0.25) is 0 Å². The predicted molar refractivity (Wildman–Crippen MR) is 64.2 cm³/mol. The number of carbonyl (C=O) groups is 1. The molecule has 0 radical (unpaired) electrons. The molecule has 0 aliphatic rings. The molecule has 3 nitrogen and oxygen atoms in total. The monoisotopic (exact) mass is 239 g/mol. The number of carbonyl (C=O) groups excluding carboxylic acids is 1. The fourth-order valence-electron chi connectivity index (χ4n) is 1.31. The molecule has 0 fully saturated rings. The molecule has 94 valence electrons. The number of benzene rings is 1. The van der Waals surface area contributed by atoms with E-state index >= 15 is 0 Å². The van der Waals surface area contributed by atoms with Gasteiger partial charge in [0.15, 0.2) is 0 Å². The van der Waals surface area contributed by atoms with Gasteiger partial charge < -0.3 is 10.1 Å². The highest BCUT2D eigenvalue weighted by Crippen LogP contribution is 2.10. The lowest BCUT2D eigenvalue weighted by molar-refractivity contribution is 0.0523. The van der Waals surface area contributed by atoms with Crippen molar-refractivity contribution in [2.24, 2.45) is 0 Å². The number of ether oxygens (including phenoxy) is 1. The molecule has 0 spiro atoms. The van der Waals surface area contributed by atoms with Crippen molar-refractivity contribution < 1.29 is 13.9 Å². The van der Waals surface area contributed by atoms with Gasteiger partial charge in [0.1, 0.15) is 11.4 Å². The lowest BCUT2D eigenvalue weighted by atomic mass is 10.1. The minimum Gasteiger partial charge on any atom is -0.444 e. The van der Waals surface area contributed by atoms with Crippen LogP contribution in [0.15, 0.2) is 18.2 Å². The molecule has 1 amide bonds. The standard InChI is InChI=1S/C13H18FNO2/c1-9-7-10(5-6-11(9)14)8-15-12(16)17-13(2,3)4/h5-7H,8H2,1-4H3,(H,15,16). The van der Waals surface area contributed by atoms with E-state index in [1.807, 2.05) is 0 Å². The number of amides is 1. The fourth-order valence-corrected chi connectivity index (χ4v) is 1.31. The maximum Gasteiger partial charge on any atom is 0.407 e. The number of hydrogen-bond acceptors (Lipinski definition) is 2. The van der Waals surface area contributed by atoms with Crippen LogP contribution < -0.4 is 5.32 Å². The van der Waals surface area contributed by atoms with Gasteiger partial charge in [0.25, 0.3) is 0 Å². The van der Waals surface area contributed by atoms with Gasteiger partial charge >= 0.3 is 6.09 Å². The van der Waals surface area contributed by atoms with Crippen LogP contribution in [0, 0.1) is 12.7 Å².